The molecule has 1 aliphatic rings. The summed E-state index contributed by atoms with van der Waals surface area (Å²) in [4.78, 5) is 4.53. The van der Waals surface area contributed by atoms with E-state index >= 15 is 0 Å². The predicted octanol–water partition coefficient (Wildman–Crippen LogP) is 3.37. The molecule has 2 unspecified atom stereocenters. The first-order valence-corrected chi connectivity index (χ1v) is 7.15. The van der Waals surface area contributed by atoms with Crippen LogP contribution in [0.3, 0.4) is 0 Å². The summed E-state index contributed by atoms with van der Waals surface area (Å²) in [5, 5.41) is 0.758. The van der Waals surface area contributed by atoms with Crippen molar-refractivity contribution in [2.45, 2.75) is 25.2 Å². The third-order valence-electron chi connectivity index (χ3n) is 3.81. The second-order valence-electron chi connectivity index (χ2n) is 5.22. The van der Waals surface area contributed by atoms with Gasteiger partial charge in [-0.05, 0) is 56.0 Å². The molecule has 0 amide bonds. The topological polar surface area (TPSA) is 43.8 Å². The first-order chi connectivity index (χ1) is 9.28. The molecule has 1 saturated carbocycles. The van der Waals surface area contributed by atoms with Crippen molar-refractivity contribution in [3.05, 3.63) is 47.5 Å². The van der Waals surface area contributed by atoms with Gasteiger partial charge in [-0.3, -0.25) is 0 Å². The minimum absolute atomic E-state index is 0.639. The van der Waals surface area contributed by atoms with Crippen LogP contribution in [0.5, 0.6) is 0 Å². The molecule has 100 valence electrons. The van der Waals surface area contributed by atoms with Gasteiger partial charge in [0.05, 0.1) is 12.0 Å². The van der Waals surface area contributed by atoms with E-state index < -0.39 is 0 Å². The number of benzene rings is 1. The Morgan fingerprint density at radius 3 is 2.84 bits per heavy atom. The Morgan fingerprint density at radius 2 is 2.11 bits per heavy atom. The largest absolute Gasteiger partial charge is 0.330 e. The van der Waals surface area contributed by atoms with Gasteiger partial charge in [0.1, 0.15) is 0 Å². The fourth-order valence-electron chi connectivity index (χ4n) is 2.59. The van der Waals surface area contributed by atoms with E-state index in [-0.39, 0.29) is 0 Å². The van der Waals surface area contributed by atoms with Gasteiger partial charge < -0.3 is 10.3 Å². The fourth-order valence-corrected chi connectivity index (χ4v) is 2.72. The molecule has 1 aromatic carbocycles. The molecule has 2 N–H and O–H groups in total. The monoisotopic (exact) mass is 275 g/mol. The smallest absolute Gasteiger partial charge is 0.0995 e. The predicted molar refractivity (Wildman–Crippen MR) is 77.7 cm³/mol. The Morgan fingerprint density at radius 1 is 1.32 bits per heavy atom. The molecule has 2 aromatic rings. The molecule has 0 saturated heterocycles. The maximum atomic E-state index is 5.90. The van der Waals surface area contributed by atoms with Crippen molar-refractivity contribution >= 4 is 11.6 Å². The van der Waals surface area contributed by atoms with Gasteiger partial charge in [-0.25, -0.2) is 4.98 Å². The van der Waals surface area contributed by atoms with Crippen molar-refractivity contribution in [1.82, 2.24) is 9.55 Å². The second-order valence-corrected chi connectivity index (χ2v) is 5.65. The second kappa shape index (κ2) is 5.35. The Bertz CT molecular complexity index is 547. The van der Waals surface area contributed by atoms with Crippen LogP contribution in [-0.4, -0.2) is 16.1 Å². The maximum Gasteiger partial charge on any atom is 0.0995 e. The van der Waals surface area contributed by atoms with Gasteiger partial charge >= 0.3 is 0 Å². The summed E-state index contributed by atoms with van der Waals surface area (Å²) >= 11 is 5.90. The van der Waals surface area contributed by atoms with Crippen LogP contribution in [0.4, 0.5) is 0 Å². The summed E-state index contributed by atoms with van der Waals surface area (Å²) in [6.45, 7) is 0.794. The Kier molecular flexibility index (Phi) is 3.58. The maximum absolute atomic E-state index is 5.90. The normalized spacial score (nSPS) is 21.6. The van der Waals surface area contributed by atoms with Crippen molar-refractivity contribution in [3.8, 4) is 5.69 Å². The highest BCUT2D eigenvalue weighted by atomic mass is 35.5. The van der Waals surface area contributed by atoms with Gasteiger partial charge in [-0.15, -0.1) is 0 Å². The van der Waals surface area contributed by atoms with E-state index in [1.165, 1.54) is 18.5 Å². The molecule has 1 fully saturated rings. The minimum atomic E-state index is 0.639. The highest BCUT2D eigenvalue weighted by Crippen LogP contribution is 2.49. The number of halogens is 1. The van der Waals surface area contributed by atoms with E-state index in [1.54, 1.807) is 0 Å². The van der Waals surface area contributed by atoms with Crippen LogP contribution in [0.15, 0.2) is 36.8 Å². The molecular formula is C15H18ClN3. The van der Waals surface area contributed by atoms with Crippen LogP contribution in [0.1, 0.15) is 30.9 Å². The number of imidazole rings is 1. The van der Waals surface area contributed by atoms with Crippen LogP contribution < -0.4 is 5.73 Å². The average Bonchev–Trinajstić information content (AvgIpc) is 3.04. The molecule has 0 spiro atoms. The number of nitrogens with zero attached hydrogens (tertiary/aromatic N) is 2. The molecule has 1 heterocycles. The van der Waals surface area contributed by atoms with E-state index in [0.29, 0.717) is 5.92 Å². The zero-order valence-electron chi connectivity index (χ0n) is 10.8. The highest BCUT2D eigenvalue weighted by Gasteiger charge is 2.38. The third-order valence-corrected chi connectivity index (χ3v) is 4.06. The van der Waals surface area contributed by atoms with E-state index in [2.05, 4.69) is 15.7 Å². The summed E-state index contributed by atoms with van der Waals surface area (Å²) in [6, 6.07) is 7.81. The molecular weight excluding hydrogens is 258 g/mol. The third kappa shape index (κ3) is 2.82. The van der Waals surface area contributed by atoms with Gasteiger partial charge in [-0.2, -0.15) is 0 Å². The molecule has 0 aliphatic heterocycles. The highest BCUT2D eigenvalue weighted by molar-refractivity contribution is 6.30. The van der Waals surface area contributed by atoms with E-state index in [1.807, 2.05) is 30.6 Å². The summed E-state index contributed by atoms with van der Waals surface area (Å²) in [5.74, 6) is 1.43. The van der Waals surface area contributed by atoms with Crippen LogP contribution in [-0.2, 0) is 0 Å². The standard InChI is InChI=1S/C15H18ClN3/c16-12-3-5-13(6-4-12)19-9-15(18-10-19)14-8-11(14)2-1-7-17/h3-6,9-11,14H,1-2,7-8,17H2. The van der Waals surface area contributed by atoms with E-state index in [4.69, 9.17) is 17.3 Å². The van der Waals surface area contributed by atoms with Crippen LogP contribution >= 0.6 is 11.6 Å². The molecule has 4 heteroatoms. The zero-order valence-corrected chi connectivity index (χ0v) is 11.6. The van der Waals surface area contributed by atoms with Gasteiger partial charge in [-0.1, -0.05) is 11.6 Å². The van der Waals surface area contributed by atoms with Gasteiger partial charge in [0.2, 0.25) is 0 Å². The molecule has 1 aromatic heterocycles. The van der Waals surface area contributed by atoms with Gasteiger partial charge in [0.15, 0.2) is 0 Å². The molecule has 19 heavy (non-hydrogen) atoms. The number of hydrogen-bond acceptors (Lipinski definition) is 2. The first-order valence-electron chi connectivity index (χ1n) is 6.78. The Balaban J connectivity index is 1.69. The number of aromatic nitrogens is 2. The summed E-state index contributed by atoms with van der Waals surface area (Å²) in [7, 11) is 0. The summed E-state index contributed by atoms with van der Waals surface area (Å²) < 4.78 is 2.06. The number of hydrogen-bond donors (Lipinski definition) is 1. The average molecular weight is 276 g/mol. The first kappa shape index (κ1) is 12.7. The summed E-state index contributed by atoms with van der Waals surface area (Å²) in [6.07, 6.45) is 7.64. The lowest BCUT2D eigenvalue weighted by Gasteiger charge is -2.01. The van der Waals surface area contributed by atoms with Gasteiger partial charge in [0.25, 0.3) is 0 Å². The van der Waals surface area contributed by atoms with Gasteiger partial charge in [0, 0.05) is 22.8 Å². The quantitative estimate of drug-likeness (QED) is 0.909. The van der Waals surface area contributed by atoms with Crippen LogP contribution in [0.2, 0.25) is 5.02 Å². The number of nitrogens with two attached hydrogens (primary N) is 1. The SMILES string of the molecule is NCCCC1CC1c1cn(-c2ccc(Cl)cc2)cn1. The van der Waals surface area contributed by atoms with Crippen molar-refractivity contribution in [2.75, 3.05) is 6.54 Å². The lowest BCUT2D eigenvalue weighted by atomic mass is 10.1. The van der Waals surface area contributed by atoms with Crippen molar-refractivity contribution in [1.29, 1.82) is 0 Å². The zero-order chi connectivity index (χ0) is 13.2. The molecule has 0 radical (unpaired) electrons. The Labute approximate surface area is 118 Å². The van der Waals surface area contributed by atoms with Crippen LogP contribution in [0, 0.1) is 5.92 Å². The minimum Gasteiger partial charge on any atom is -0.330 e. The van der Waals surface area contributed by atoms with E-state index in [9.17, 15) is 0 Å². The summed E-state index contributed by atoms with van der Waals surface area (Å²) in [5.41, 5.74) is 7.86. The molecule has 1 aliphatic carbocycles. The molecule has 0 bridgehead atoms. The van der Waals surface area contributed by atoms with Crippen LogP contribution in [0.25, 0.3) is 5.69 Å². The van der Waals surface area contributed by atoms with Crippen molar-refractivity contribution in [2.24, 2.45) is 11.7 Å². The molecule has 3 rings (SSSR count). The molecule has 3 nitrogen and oxygen atoms in total. The number of rotatable bonds is 5. The van der Waals surface area contributed by atoms with Crippen molar-refractivity contribution < 1.29 is 0 Å². The van der Waals surface area contributed by atoms with Crippen molar-refractivity contribution in [3.63, 3.8) is 0 Å². The molecule has 2 atom stereocenters. The lowest BCUT2D eigenvalue weighted by molar-refractivity contribution is 0.655. The van der Waals surface area contributed by atoms with E-state index in [0.717, 1.165) is 29.6 Å². The fraction of sp³-hybridized carbons (Fsp3) is 0.400. The Hall–Kier alpha value is -1.32. The lowest BCUT2D eigenvalue weighted by Crippen LogP contribution is -1.98.